The lowest BCUT2D eigenvalue weighted by Gasteiger charge is -2.08. The Morgan fingerprint density at radius 2 is 2.23 bits per heavy atom. The minimum Gasteiger partial charge on any atom is -0.504 e. The molecule has 4 heteroatoms. The molecule has 1 aromatic rings. The van der Waals surface area contributed by atoms with E-state index in [9.17, 15) is 9.50 Å². The molecule has 0 aromatic heterocycles. The predicted octanol–water partition coefficient (Wildman–Crippen LogP) is 1.40. The quantitative estimate of drug-likeness (QED) is 0.750. The maximum absolute atomic E-state index is 12.9. The highest BCUT2D eigenvalue weighted by molar-refractivity contribution is 5.42. The molecule has 13 heavy (non-hydrogen) atoms. The summed E-state index contributed by atoms with van der Waals surface area (Å²) in [5, 5.41) is 17.7. The first-order chi connectivity index (χ1) is 6.19. The highest BCUT2D eigenvalue weighted by atomic mass is 19.1. The van der Waals surface area contributed by atoms with Crippen molar-refractivity contribution in [2.24, 2.45) is 0 Å². The van der Waals surface area contributed by atoms with Crippen molar-refractivity contribution >= 4 is 0 Å². The monoisotopic (exact) mass is 186 g/mol. The van der Waals surface area contributed by atoms with Gasteiger partial charge in [0, 0.05) is 0 Å². The molecular formula is C9H11FO3. The van der Waals surface area contributed by atoms with Gasteiger partial charge in [-0.05, 0) is 17.7 Å². The maximum Gasteiger partial charge on any atom is 0.160 e. The standard InChI is InChI=1S/C9H11FO3/c1-13-9-4-6(7(10)5-11)2-3-8(9)12/h2-4,7,11-12H,5H2,1H3. The lowest BCUT2D eigenvalue weighted by Crippen LogP contribution is -1.97. The molecule has 0 aliphatic carbocycles. The number of ether oxygens (including phenoxy) is 1. The highest BCUT2D eigenvalue weighted by Crippen LogP contribution is 2.29. The number of phenolic OH excluding ortho intramolecular Hbond substituents is 1. The Morgan fingerprint density at radius 1 is 1.54 bits per heavy atom. The average Bonchev–Trinajstić information content (AvgIpc) is 2.17. The van der Waals surface area contributed by atoms with Crippen LogP contribution in [0.2, 0.25) is 0 Å². The molecule has 1 atom stereocenters. The minimum absolute atomic E-state index is 0.0450. The number of hydrogen-bond acceptors (Lipinski definition) is 3. The zero-order valence-corrected chi connectivity index (χ0v) is 7.20. The van der Waals surface area contributed by atoms with Crippen molar-refractivity contribution in [3.05, 3.63) is 23.8 Å². The summed E-state index contributed by atoms with van der Waals surface area (Å²) in [5.74, 6) is 0.157. The van der Waals surface area contributed by atoms with E-state index in [0.717, 1.165) is 0 Å². The first kappa shape index (κ1) is 9.80. The molecule has 1 unspecified atom stereocenters. The molecular weight excluding hydrogens is 175 g/mol. The lowest BCUT2D eigenvalue weighted by atomic mass is 10.1. The summed E-state index contributed by atoms with van der Waals surface area (Å²) in [6, 6.07) is 4.09. The number of aromatic hydroxyl groups is 1. The largest absolute Gasteiger partial charge is 0.504 e. The van der Waals surface area contributed by atoms with E-state index >= 15 is 0 Å². The van der Waals surface area contributed by atoms with E-state index in [4.69, 9.17) is 9.84 Å². The third-order valence-electron chi connectivity index (χ3n) is 1.73. The van der Waals surface area contributed by atoms with Gasteiger partial charge in [0.15, 0.2) is 11.5 Å². The van der Waals surface area contributed by atoms with Crippen LogP contribution in [-0.4, -0.2) is 23.9 Å². The molecule has 0 radical (unpaired) electrons. The molecule has 0 heterocycles. The van der Waals surface area contributed by atoms with Gasteiger partial charge in [0.05, 0.1) is 13.7 Å². The Labute approximate surface area is 75.4 Å². The minimum atomic E-state index is -1.44. The smallest absolute Gasteiger partial charge is 0.160 e. The van der Waals surface area contributed by atoms with Gasteiger partial charge in [0.2, 0.25) is 0 Å². The third-order valence-corrected chi connectivity index (χ3v) is 1.73. The summed E-state index contributed by atoms with van der Waals surface area (Å²) in [6.45, 7) is -0.575. The Kier molecular flexibility index (Phi) is 3.08. The molecule has 1 aromatic carbocycles. The van der Waals surface area contributed by atoms with E-state index in [2.05, 4.69) is 0 Å². The van der Waals surface area contributed by atoms with Crippen molar-refractivity contribution in [3.63, 3.8) is 0 Å². The molecule has 3 nitrogen and oxygen atoms in total. The summed E-state index contributed by atoms with van der Waals surface area (Å²) in [7, 11) is 1.38. The number of aliphatic hydroxyl groups is 1. The summed E-state index contributed by atoms with van der Waals surface area (Å²) in [4.78, 5) is 0. The van der Waals surface area contributed by atoms with Crippen molar-refractivity contribution in [1.82, 2.24) is 0 Å². The van der Waals surface area contributed by atoms with Crippen molar-refractivity contribution in [1.29, 1.82) is 0 Å². The fraction of sp³-hybridized carbons (Fsp3) is 0.333. The fourth-order valence-corrected chi connectivity index (χ4v) is 0.994. The van der Waals surface area contributed by atoms with E-state index in [1.807, 2.05) is 0 Å². The van der Waals surface area contributed by atoms with Gasteiger partial charge in [0.1, 0.15) is 6.17 Å². The van der Waals surface area contributed by atoms with Crippen LogP contribution in [0.4, 0.5) is 4.39 Å². The van der Waals surface area contributed by atoms with Gasteiger partial charge in [-0.25, -0.2) is 4.39 Å². The van der Waals surface area contributed by atoms with Gasteiger partial charge in [0.25, 0.3) is 0 Å². The van der Waals surface area contributed by atoms with Gasteiger partial charge < -0.3 is 14.9 Å². The number of hydrogen-bond donors (Lipinski definition) is 2. The van der Waals surface area contributed by atoms with Crippen molar-refractivity contribution in [3.8, 4) is 11.5 Å². The predicted molar refractivity (Wildman–Crippen MR) is 45.6 cm³/mol. The number of phenols is 1. The molecule has 0 saturated carbocycles. The SMILES string of the molecule is COc1cc(C(F)CO)ccc1O. The van der Waals surface area contributed by atoms with Crippen LogP contribution in [0.5, 0.6) is 11.5 Å². The number of methoxy groups -OCH3 is 1. The molecule has 0 fully saturated rings. The van der Waals surface area contributed by atoms with Gasteiger partial charge >= 0.3 is 0 Å². The van der Waals surface area contributed by atoms with Crippen LogP contribution in [-0.2, 0) is 0 Å². The number of aliphatic hydroxyl groups excluding tert-OH is 1. The Bertz CT molecular complexity index is 288. The summed E-state index contributed by atoms with van der Waals surface area (Å²) in [6.07, 6.45) is -1.44. The second kappa shape index (κ2) is 4.09. The Balaban J connectivity index is 2.99. The maximum atomic E-state index is 12.9. The lowest BCUT2D eigenvalue weighted by molar-refractivity contribution is 0.179. The molecule has 2 N–H and O–H groups in total. The van der Waals surface area contributed by atoms with E-state index in [1.54, 1.807) is 0 Å². The normalized spacial score (nSPS) is 12.5. The van der Waals surface area contributed by atoms with Crippen LogP contribution in [0, 0.1) is 0 Å². The van der Waals surface area contributed by atoms with Crippen molar-refractivity contribution < 1.29 is 19.3 Å². The Hall–Kier alpha value is -1.29. The van der Waals surface area contributed by atoms with Crippen molar-refractivity contribution in [2.75, 3.05) is 13.7 Å². The Morgan fingerprint density at radius 3 is 2.77 bits per heavy atom. The van der Waals surface area contributed by atoms with Gasteiger partial charge in [-0.3, -0.25) is 0 Å². The van der Waals surface area contributed by atoms with Gasteiger partial charge in [-0.15, -0.1) is 0 Å². The van der Waals surface area contributed by atoms with Crippen LogP contribution in [0.25, 0.3) is 0 Å². The van der Waals surface area contributed by atoms with Gasteiger partial charge in [-0.1, -0.05) is 6.07 Å². The topological polar surface area (TPSA) is 49.7 Å². The van der Waals surface area contributed by atoms with E-state index in [1.165, 1.54) is 25.3 Å². The summed E-state index contributed by atoms with van der Waals surface area (Å²) < 4.78 is 17.7. The van der Waals surface area contributed by atoms with Crippen LogP contribution in [0.3, 0.4) is 0 Å². The molecule has 72 valence electrons. The number of halogens is 1. The zero-order valence-electron chi connectivity index (χ0n) is 7.20. The van der Waals surface area contributed by atoms with Crippen LogP contribution in [0.1, 0.15) is 11.7 Å². The van der Waals surface area contributed by atoms with Crippen LogP contribution >= 0.6 is 0 Å². The van der Waals surface area contributed by atoms with Gasteiger partial charge in [-0.2, -0.15) is 0 Å². The highest BCUT2D eigenvalue weighted by Gasteiger charge is 2.10. The number of alkyl halides is 1. The summed E-state index contributed by atoms with van der Waals surface area (Å²) >= 11 is 0. The van der Waals surface area contributed by atoms with E-state index in [0.29, 0.717) is 0 Å². The second-order valence-corrected chi connectivity index (χ2v) is 2.58. The third kappa shape index (κ3) is 2.09. The first-order valence-corrected chi connectivity index (χ1v) is 3.81. The number of rotatable bonds is 3. The second-order valence-electron chi connectivity index (χ2n) is 2.58. The molecule has 0 bridgehead atoms. The van der Waals surface area contributed by atoms with Crippen LogP contribution in [0.15, 0.2) is 18.2 Å². The fourth-order valence-electron chi connectivity index (χ4n) is 0.994. The van der Waals surface area contributed by atoms with Crippen LogP contribution < -0.4 is 4.74 Å². The molecule has 0 aliphatic heterocycles. The molecule has 0 aliphatic rings. The molecule has 0 spiro atoms. The van der Waals surface area contributed by atoms with Crippen molar-refractivity contribution in [2.45, 2.75) is 6.17 Å². The number of benzene rings is 1. The van der Waals surface area contributed by atoms with E-state index < -0.39 is 12.8 Å². The molecule has 1 rings (SSSR count). The first-order valence-electron chi connectivity index (χ1n) is 3.81. The zero-order chi connectivity index (χ0) is 9.84. The van der Waals surface area contributed by atoms with E-state index in [-0.39, 0.29) is 17.1 Å². The average molecular weight is 186 g/mol. The molecule has 0 amide bonds. The molecule has 0 saturated heterocycles. The summed E-state index contributed by atoms with van der Waals surface area (Å²) in [5.41, 5.74) is 0.289.